The van der Waals surface area contributed by atoms with Crippen LogP contribution >= 0.6 is 0 Å². The molecule has 0 aromatic carbocycles. The molecule has 0 aliphatic rings. The van der Waals surface area contributed by atoms with Crippen LogP contribution in [0.4, 0.5) is 5.95 Å². The minimum absolute atomic E-state index is 0.285. The Morgan fingerprint density at radius 1 is 1.33 bits per heavy atom. The second-order valence-corrected chi connectivity index (χ2v) is 3.71. The normalized spacial score (nSPS) is 10.4. The van der Waals surface area contributed by atoms with Crippen LogP contribution in [0.5, 0.6) is 6.01 Å². The molecule has 2 rings (SSSR count). The zero-order valence-corrected chi connectivity index (χ0v) is 10.7. The van der Waals surface area contributed by atoms with Crippen molar-refractivity contribution in [3.63, 3.8) is 0 Å². The first-order valence-corrected chi connectivity index (χ1v) is 5.77. The molecule has 18 heavy (non-hydrogen) atoms. The predicted molar refractivity (Wildman–Crippen MR) is 67.4 cm³/mol. The van der Waals surface area contributed by atoms with Gasteiger partial charge in [0.25, 0.3) is 0 Å². The van der Waals surface area contributed by atoms with Gasteiger partial charge in [0.15, 0.2) is 5.82 Å². The van der Waals surface area contributed by atoms with Gasteiger partial charge < -0.3 is 10.1 Å². The largest absolute Gasteiger partial charge is 0.467 e. The van der Waals surface area contributed by atoms with Gasteiger partial charge in [0.2, 0.25) is 5.95 Å². The summed E-state index contributed by atoms with van der Waals surface area (Å²) in [5, 5.41) is 7.12. The van der Waals surface area contributed by atoms with Crippen molar-refractivity contribution >= 4 is 5.95 Å². The van der Waals surface area contributed by atoms with Crippen LogP contribution < -0.4 is 10.1 Å². The molecule has 0 amide bonds. The van der Waals surface area contributed by atoms with Crippen LogP contribution in [-0.2, 0) is 6.54 Å². The SMILES string of the molecule is CCCn1cc(-c2nc(NC)nc(OC)n2)cn1. The lowest BCUT2D eigenvalue weighted by Gasteiger charge is -2.03. The molecule has 0 bridgehead atoms. The van der Waals surface area contributed by atoms with Gasteiger partial charge in [0, 0.05) is 19.8 Å². The van der Waals surface area contributed by atoms with Crippen molar-refractivity contribution < 1.29 is 4.74 Å². The van der Waals surface area contributed by atoms with Crippen LogP contribution in [0.15, 0.2) is 12.4 Å². The Kier molecular flexibility index (Phi) is 3.71. The van der Waals surface area contributed by atoms with E-state index in [0.717, 1.165) is 18.5 Å². The number of anilines is 1. The highest BCUT2D eigenvalue weighted by Crippen LogP contribution is 2.17. The van der Waals surface area contributed by atoms with Gasteiger partial charge >= 0.3 is 6.01 Å². The number of hydrogen-bond acceptors (Lipinski definition) is 6. The average Bonchev–Trinajstić information content (AvgIpc) is 2.87. The summed E-state index contributed by atoms with van der Waals surface area (Å²) in [6.07, 6.45) is 4.69. The van der Waals surface area contributed by atoms with Gasteiger partial charge in [-0.3, -0.25) is 4.68 Å². The van der Waals surface area contributed by atoms with Gasteiger partial charge in [-0.1, -0.05) is 6.92 Å². The van der Waals surface area contributed by atoms with Gasteiger partial charge in [-0.25, -0.2) is 0 Å². The summed E-state index contributed by atoms with van der Waals surface area (Å²) in [6, 6.07) is 0.285. The smallest absolute Gasteiger partial charge is 0.321 e. The molecular formula is C11H16N6O. The van der Waals surface area contributed by atoms with E-state index < -0.39 is 0 Å². The summed E-state index contributed by atoms with van der Waals surface area (Å²) in [4.78, 5) is 12.5. The molecule has 0 spiro atoms. The fraction of sp³-hybridized carbons (Fsp3) is 0.455. The van der Waals surface area contributed by atoms with Crippen LogP contribution in [0.25, 0.3) is 11.4 Å². The summed E-state index contributed by atoms with van der Waals surface area (Å²) in [7, 11) is 3.28. The van der Waals surface area contributed by atoms with E-state index in [9.17, 15) is 0 Å². The molecule has 7 heteroatoms. The maximum absolute atomic E-state index is 5.04. The lowest BCUT2D eigenvalue weighted by Crippen LogP contribution is -2.03. The van der Waals surface area contributed by atoms with Crippen LogP contribution in [0.2, 0.25) is 0 Å². The maximum Gasteiger partial charge on any atom is 0.321 e. The van der Waals surface area contributed by atoms with E-state index in [1.807, 2.05) is 10.9 Å². The van der Waals surface area contributed by atoms with Gasteiger partial charge in [-0.2, -0.15) is 20.1 Å². The second-order valence-electron chi connectivity index (χ2n) is 3.71. The van der Waals surface area contributed by atoms with Crippen molar-refractivity contribution in [2.75, 3.05) is 19.5 Å². The molecule has 0 radical (unpaired) electrons. The Labute approximate surface area is 105 Å². The summed E-state index contributed by atoms with van der Waals surface area (Å²) in [5.74, 6) is 1.02. The van der Waals surface area contributed by atoms with Crippen LogP contribution in [0.1, 0.15) is 13.3 Å². The van der Waals surface area contributed by atoms with Crippen molar-refractivity contribution in [2.45, 2.75) is 19.9 Å². The Morgan fingerprint density at radius 2 is 2.17 bits per heavy atom. The second kappa shape index (κ2) is 5.44. The zero-order valence-electron chi connectivity index (χ0n) is 10.7. The molecule has 0 aliphatic carbocycles. The van der Waals surface area contributed by atoms with Gasteiger partial charge in [-0.15, -0.1) is 0 Å². The van der Waals surface area contributed by atoms with Gasteiger partial charge in [-0.05, 0) is 6.42 Å². The summed E-state index contributed by atoms with van der Waals surface area (Å²) < 4.78 is 6.91. The molecule has 2 aromatic heterocycles. The summed E-state index contributed by atoms with van der Waals surface area (Å²) in [5.41, 5.74) is 0.848. The van der Waals surface area contributed by atoms with Crippen molar-refractivity contribution in [1.29, 1.82) is 0 Å². The third-order valence-corrected chi connectivity index (χ3v) is 2.37. The number of methoxy groups -OCH3 is 1. The Balaban J connectivity index is 2.35. The number of aromatic nitrogens is 5. The molecule has 2 heterocycles. The van der Waals surface area contributed by atoms with E-state index in [1.165, 1.54) is 7.11 Å². The molecule has 0 saturated heterocycles. The minimum atomic E-state index is 0.285. The third-order valence-electron chi connectivity index (χ3n) is 2.37. The van der Waals surface area contributed by atoms with E-state index in [4.69, 9.17) is 4.74 Å². The van der Waals surface area contributed by atoms with E-state index in [-0.39, 0.29) is 6.01 Å². The highest BCUT2D eigenvalue weighted by Gasteiger charge is 2.09. The first-order valence-electron chi connectivity index (χ1n) is 5.77. The van der Waals surface area contributed by atoms with Crippen LogP contribution in [0, 0.1) is 0 Å². The molecule has 0 aliphatic heterocycles. The molecule has 7 nitrogen and oxygen atoms in total. The Hall–Kier alpha value is -2.18. The quantitative estimate of drug-likeness (QED) is 0.856. The van der Waals surface area contributed by atoms with Crippen molar-refractivity contribution in [2.24, 2.45) is 0 Å². The molecule has 0 atom stereocenters. The molecule has 1 N–H and O–H groups in total. The number of nitrogens with one attached hydrogen (secondary N) is 1. The number of nitrogens with zero attached hydrogens (tertiary/aromatic N) is 5. The molecular weight excluding hydrogens is 232 g/mol. The fourth-order valence-corrected chi connectivity index (χ4v) is 1.52. The first-order chi connectivity index (χ1) is 8.76. The Morgan fingerprint density at radius 3 is 2.83 bits per heavy atom. The number of hydrogen-bond donors (Lipinski definition) is 1. The fourth-order valence-electron chi connectivity index (χ4n) is 1.52. The van der Waals surface area contributed by atoms with Gasteiger partial charge in [0.1, 0.15) is 0 Å². The lowest BCUT2D eigenvalue weighted by molar-refractivity contribution is 0.379. The number of aryl methyl sites for hydroxylation is 1. The molecule has 0 fully saturated rings. The maximum atomic E-state index is 5.04. The summed E-state index contributed by atoms with van der Waals surface area (Å²) in [6.45, 7) is 2.98. The van der Waals surface area contributed by atoms with Crippen molar-refractivity contribution in [3.05, 3.63) is 12.4 Å². The van der Waals surface area contributed by atoms with Crippen molar-refractivity contribution in [1.82, 2.24) is 24.7 Å². The summed E-state index contributed by atoms with van der Waals surface area (Å²) >= 11 is 0. The van der Waals surface area contributed by atoms with Gasteiger partial charge in [0.05, 0.1) is 18.9 Å². The van der Waals surface area contributed by atoms with Crippen LogP contribution in [0.3, 0.4) is 0 Å². The van der Waals surface area contributed by atoms with E-state index in [0.29, 0.717) is 11.8 Å². The molecule has 0 unspecified atom stereocenters. The monoisotopic (exact) mass is 248 g/mol. The number of rotatable bonds is 5. The third kappa shape index (κ3) is 2.55. The number of ether oxygens (including phenoxy) is 1. The predicted octanol–water partition coefficient (Wildman–Crippen LogP) is 1.20. The van der Waals surface area contributed by atoms with Crippen LogP contribution in [-0.4, -0.2) is 38.9 Å². The van der Waals surface area contributed by atoms with E-state index in [2.05, 4.69) is 32.3 Å². The highest BCUT2D eigenvalue weighted by atomic mass is 16.5. The van der Waals surface area contributed by atoms with E-state index >= 15 is 0 Å². The minimum Gasteiger partial charge on any atom is -0.467 e. The molecule has 96 valence electrons. The topological polar surface area (TPSA) is 77.8 Å². The Bertz CT molecular complexity index is 502. The zero-order chi connectivity index (χ0) is 13.0. The highest BCUT2D eigenvalue weighted by molar-refractivity contribution is 5.54. The lowest BCUT2D eigenvalue weighted by atomic mass is 10.3. The average molecular weight is 248 g/mol. The first kappa shape index (κ1) is 12.3. The standard InChI is InChI=1S/C11H16N6O/c1-4-5-17-7-8(6-13-17)9-14-10(12-2)16-11(15-9)18-3/h6-7H,4-5H2,1-3H3,(H,12,14,15,16). The van der Waals surface area contributed by atoms with E-state index in [1.54, 1.807) is 13.2 Å². The molecule has 0 saturated carbocycles. The van der Waals surface area contributed by atoms with Crippen molar-refractivity contribution in [3.8, 4) is 17.4 Å². The molecule has 2 aromatic rings.